The van der Waals surface area contributed by atoms with E-state index in [1.165, 1.54) is 28.8 Å². The highest BCUT2D eigenvalue weighted by atomic mass is 35.5. The summed E-state index contributed by atoms with van der Waals surface area (Å²) < 4.78 is 38.2. The molecular formula is C20H12Cl2F3N3OS. The van der Waals surface area contributed by atoms with Gasteiger partial charge in [0.15, 0.2) is 0 Å². The van der Waals surface area contributed by atoms with Crippen molar-refractivity contribution in [2.45, 2.75) is 22.6 Å². The molecule has 0 atom stereocenters. The Morgan fingerprint density at radius 2 is 1.67 bits per heavy atom. The molecule has 30 heavy (non-hydrogen) atoms. The fourth-order valence-corrected chi connectivity index (χ4v) is 4.34. The topological polar surface area (TPSA) is 45.2 Å². The van der Waals surface area contributed by atoms with Gasteiger partial charge in [-0.1, -0.05) is 41.0 Å². The zero-order chi connectivity index (χ0) is 21.5. The first kappa shape index (κ1) is 20.8. The van der Waals surface area contributed by atoms with Crippen LogP contribution in [-0.4, -0.2) is 11.0 Å². The Kier molecular flexibility index (Phi) is 5.57. The van der Waals surface area contributed by atoms with E-state index < -0.39 is 11.7 Å². The number of amides is 2. The van der Waals surface area contributed by atoms with E-state index in [9.17, 15) is 18.0 Å². The van der Waals surface area contributed by atoms with Crippen LogP contribution in [-0.2, 0) is 12.7 Å². The highest BCUT2D eigenvalue weighted by molar-refractivity contribution is 7.99. The van der Waals surface area contributed by atoms with Crippen LogP contribution in [0.5, 0.6) is 0 Å². The van der Waals surface area contributed by atoms with Crippen LogP contribution in [0.25, 0.3) is 0 Å². The van der Waals surface area contributed by atoms with Crippen molar-refractivity contribution in [3.63, 3.8) is 0 Å². The minimum atomic E-state index is -4.38. The summed E-state index contributed by atoms with van der Waals surface area (Å²) in [6.07, 6.45) is -4.38. The van der Waals surface area contributed by atoms with E-state index in [-0.39, 0.29) is 12.6 Å². The van der Waals surface area contributed by atoms with Crippen molar-refractivity contribution in [1.29, 1.82) is 0 Å². The molecule has 2 heterocycles. The third-order valence-corrected chi connectivity index (χ3v) is 5.90. The lowest BCUT2D eigenvalue weighted by Gasteiger charge is -2.30. The molecule has 0 saturated carbocycles. The minimum absolute atomic E-state index is 0.203. The van der Waals surface area contributed by atoms with Crippen LogP contribution < -0.4 is 10.2 Å². The molecule has 2 amide bonds. The fourth-order valence-electron chi connectivity index (χ4n) is 2.97. The Hall–Kier alpha value is -2.42. The minimum Gasteiger partial charge on any atom is -0.332 e. The third-order valence-electron chi connectivity index (χ3n) is 4.34. The van der Waals surface area contributed by atoms with Crippen LogP contribution in [0.1, 0.15) is 11.3 Å². The first-order chi connectivity index (χ1) is 14.2. The molecule has 1 aliphatic heterocycles. The van der Waals surface area contributed by atoms with E-state index in [0.29, 0.717) is 37.0 Å². The van der Waals surface area contributed by atoms with Crippen molar-refractivity contribution < 1.29 is 18.0 Å². The van der Waals surface area contributed by atoms with Gasteiger partial charge < -0.3 is 5.32 Å². The van der Waals surface area contributed by atoms with Gasteiger partial charge in [-0.2, -0.15) is 13.2 Å². The number of alkyl halides is 3. The quantitative estimate of drug-likeness (QED) is 0.452. The molecule has 0 saturated heterocycles. The van der Waals surface area contributed by atoms with Crippen LogP contribution in [0.4, 0.5) is 29.3 Å². The first-order valence-corrected chi connectivity index (χ1v) is 10.2. The second-order valence-corrected chi connectivity index (χ2v) is 8.21. The monoisotopic (exact) mass is 469 g/mol. The van der Waals surface area contributed by atoms with E-state index in [2.05, 4.69) is 10.3 Å². The Bertz CT molecular complexity index is 1100. The maximum Gasteiger partial charge on any atom is 0.416 e. The average Bonchev–Trinajstić information content (AvgIpc) is 2.69. The number of aromatic nitrogens is 1. The van der Waals surface area contributed by atoms with E-state index in [0.717, 1.165) is 12.1 Å². The number of fused-ring (bicyclic) bond motifs is 1. The number of nitrogens with zero attached hydrogens (tertiary/aromatic N) is 2. The van der Waals surface area contributed by atoms with E-state index in [1.807, 2.05) is 0 Å². The first-order valence-electron chi connectivity index (χ1n) is 8.61. The molecule has 0 unspecified atom stereocenters. The van der Waals surface area contributed by atoms with Gasteiger partial charge in [0.25, 0.3) is 0 Å². The summed E-state index contributed by atoms with van der Waals surface area (Å²) in [7, 11) is 0. The highest BCUT2D eigenvalue weighted by Gasteiger charge is 2.31. The Labute approximate surface area is 184 Å². The number of carbonyl (C=O) groups excluding carboxylic acids is 1. The third kappa shape index (κ3) is 4.08. The SMILES string of the molecule is O=C1NCc2nc(Sc3ccc(C(F)(F)F)cc3)ccc2N1c1c(Cl)cccc1Cl. The fraction of sp³-hybridized carbons (Fsp3) is 0.100. The van der Waals surface area contributed by atoms with E-state index in [4.69, 9.17) is 23.2 Å². The number of urea groups is 1. The van der Waals surface area contributed by atoms with Crippen molar-refractivity contribution in [3.05, 3.63) is 75.9 Å². The Balaban J connectivity index is 1.65. The number of para-hydroxylation sites is 1. The molecule has 154 valence electrons. The van der Waals surface area contributed by atoms with E-state index >= 15 is 0 Å². The summed E-state index contributed by atoms with van der Waals surface area (Å²) in [5, 5.41) is 3.94. The van der Waals surface area contributed by atoms with Gasteiger partial charge in [-0.25, -0.2) is 9.78 Å². The van der Waals surface area contributed by atoms with Gasteiger partial charge in [-0.3, -0.25) is 4.90 Å². The molecule has 1 N–H and O–H groups in total. The largest absolute Gasteiger partial charge is 0.416 e. The van der Waals surface area contributed by atoms with Crippen molar-refractivity contribution in [1.82, 2.24) is 10.3 Å². The summed E-state index contributed by atoms with van der Waals surface area (Å²) in [4.78, 5) is 19.0. The lowest BCUT2D eigenvalue weighted by Crippen LogP contribution is -2.41. The summed E-state index contributed by atoms with van der Waals surface area (Å²) >= 11 is 13.8. The molecule has 0 radical (unpaired) electrons. The number of benzene rings is 2. The van der Waals surface area contributed by atoms with Crippen LogP contribution >= 0.6 is 35.0 Å². The van der Waals surface area contributed by atoms with Gasteiger partial charge >= 0.3 is 12.2 Å². The number of hydrogen-bond donors (Lipinski definition) is 1. The molecule has 0 fully saturated rings. The van der Waals surface area contributed by atoms with Gasteiger partial charge in [0.05, 0.1) is 39.2 Å². The summed E-state index contributed by atoms with van der Waals surface area (Å²) in [6.45, 7) is 0.203. The molecule has 0 spiro atoms. The summed E-state index contributed by atoms with van der Waals surface area (Å²) in [6, 6.07) is 12.8. The molecule has 4 nitrogen and oxygen atoms in total. The maximum absolute atomic E-state index is 12.7. The smallest absolute Gasteiger partial charge is 0.332 e. The van der Waals surface area contributed by atoms with Crippen LogP contribution in [0.15, 0.2) is 64.5 Å². The number of halogens is 5. The Morgan fingerprint density at radius 1 is 1.00 bits per heavy atom. The van der Waals surface area contributed by atoms with Crippen molar-refractivity contribution in [2.24, 2.45) is 0 Å². The number of rotatable bonds is 3. The molecule has 2 aromatic carbocycles. The van der Waals surface area contributed by atoms with Gasteiger partial charge in [0.1, 0.15) is 5.03 Å². The molecule has 10 heteroatoms. The van der Waals surface area contributed by atoms with Crippen LogP contribution in [0.3, 0.4) is 0 Å². The van der Waals surface area contributed by atoms with Crippen molar-refractivity contribution >= 4 is 52.4 Å². The number of nitrogens with one attached hydrogen (secondary N) is 1. The number of anilines is 2. The molecule has 4 rings (SSSR count). The summed E-state index contributed by atoms with van der Waals surface area (Å²) in [5.41, 5.74) is 0.762. The normalized spacial score (nSPS) is 13.8. The molecular weight excluding hydrogens is 458 g/mol. The molecule has 3 aromatic rings. The molecule has 0 aliphatic carbocycles. The van der Waals surface area contributed by atoms with Gasteiger partial charge in [0.2, 0.25) is 0 Å². The standard InChI is InChI=1S/C20H12Cl2F3N3OS/c21-13-2-1-3-14(22)18(13)28-16-8-9-17(27-15(16)10-26-19(28)29)30-12-6-4-11(5-7-12)20(23,24)25/h1-9H,10H2,(H,26,29). The molecule has 1 aromatic heterocycles. The number of hydrogen-bond acceptors (Lipinski definition) is 3. The summed E-state index contributed by atoms with van der Waals surface area (Å²) in [5.74, 6) is 0. The van der Waals surface area contributed by atoms with Gasteiger partial charge in [0, 0.05) is 4.90 Å². The van der Waals surface area contributed by atoms with Gasteiger partial charge in [-0.05, 0) is 48.5 Å². The highest BCUT2D eigenvalue weighted by Crippen LogP contribution is 2.41. The number of carbonyl (C=O) groups is 1. The lowest BCUT2D eigenvalue weighted by molar-refractivity contribution is -0.137. The predicted octanol–water partition coefficient (Wildman–Crippen LogP) is 6.92. The van der Waals surface area contributed by atoms with Crippen molar-refractivity contribution in [3.8, 4) is 0 Å². The van der Waals surface area contributed by atoms with Crippen LogP contribution in [0, 0.1) is 0 Å². The molecule has 0 bridgehead atoms. The van der Waals surface area contributed by atoms with E-state index in [1.54, 1.807) is 30.3 Å². The lowest BCUT2D eigenvalue weighted by atomic mass is 10.2. The second kappa shape index (κ2) is 8.02. The zero-order valence-corrected chi connectivity index (χ0v) is 17.3. The van der Waals surface area contributed by atoms with Gasteiger partial charge in [-0.15, -0.1) is 0 Å². The van der Waals surface area contributed by atoms with Crippen molar-refractivity contribution in [2.75, 3.05) is 4.90 Å². The number of pyridine rings is 1. The maximum atomic E-state index is 12.7. The molecule has 1 aliphatic rings. The Morgan fingerprint density at radius 3 is 2.30 bits per heavy atom. The average molecular weight is 470 g/mol. The second-order valence-electron chi connectivity index (χ2n) is 6.30. The van der Waals surface area contributed by atoms with Crippen LogP contribution in [0.2, 0.25) is 10.0 Å². The predicted molar refractivity (Wildman–Crippen MR) is 111 cm³/mol. The zero-order valence-electron chi connectivity index (χ0n) is 15.0.